The van der Waals surface area contributed by atoms with Gasteiger partial charge in [-0.1, -0.05) is 24.3 Å². The van der Waals surface area contributed by atoms with Gasteiger partial charge in [-0.3, -0.25) is 0 Å². The Balaban J connectivity index is 1.70. The largest absolute Gasteiger partial charge is 0.381 e. The number of hydrogen-bond acceptors (Lipinski definition) is 5. The van der Waals surface area contributed by atoms with Crippen LogP contribution in [-0.4, -0.2) is 33.1 Å². The van der Waals surface area contributed by atoms with Crippen molar-refractivity contribution in [2.45, 2.75) is 39.5 Å². The highest BCUT2D eigenvalue weighted by molar-refractivity contribution is 5.88. The maximum absolute atomic E-state index is 15.0. The molecule has 5 rings (SSSR count). The molecule has 1 aliphatic rings. The van der Waals surface area contributed by atoms with E-state index in [1.165, 1.54) is 11.6 Å². The van der Waals surface area contributed by atoms with E-state index < -0.39 is 0 Å². The molecule has 0 radical (unpaired) electrons. The van der Waals surface area contributed by atoms with Gasteiger partial charge in [-0.05, 0) is 68.9 Å². The number of fused-ring (bicyclic) bond motifs is 1. The Morgan fingerprint density at radius 2 is 1.66 bits per heavy atom. The standard InChI is InChI=1S/C26H25FN4O/c1-15-7-8-21(22(27)13-15)23-24-26(29-17(3)16(2)28-24)31-25(30-23)20-6-4-5-19(14-20)18-9-11-32-12-10-18/h4-8,13-14,18H,9-12H2,1-3H3. The number of aromatic nitrogens is 4. The lowest BCUT2D eigenvalue weighted by atomic mass is 9.90. The van der Waals surface area contributed by atoms with Crippen LogP contribution in [0.15, 0.2) is 42.5 Å². The number of rotatable bonds is 3. The van der Waals surface area contributed by atoms with Crippen LogP contribution in [0.4, 0.5) is 4.39 Å². The van der Waals surface area contributed by atoms with Crippen LogP contribution in [0.25, 0.3) is 33.8 Å². The van der Waals surface area contributed by atoms with Gasteiger partial charge in [0.25, 0.3) is 0 Å². The molecule has 0 saturated carbocycles. The maximum atomic E-state index is 15.0. The van der Waals surface area contributed by atoms with E-state index >= 15 is 0 Å². The summed E-state index contributed by atoms with van der Waals surface area (Å²) < 4.78 is 20.5. The SMILES string of the molecule is Cc1ccc(-c2nc(-c3cccc(C4CCOCC4)c3)nc3nc(C)c(C)nc23)c(F)c1. The van der Waals surface area contributed by atoms with Crippen LogP contribution in [0.1, 0.15) is 41.3 Å². The van der Waals surface area contributed by atoms with Gasteiger partial charge in [-0.25, -0.2) is 24.3 Å². The Morgan fingerprint density at radius 1 is 0.875 bits per heavy atom. The molecule has 0 unspecified atom stereocenters. The van der Waals surface area contributed by atoms with Gasteiger partial charge in [0, 0.05) is 24.3 Å². The van der Waals surface area contributed by atoms with Gasteiger partial charge < -0.3 is 4.74 Å². The fourth-order valence-electron chi connectivity index (χ4n) is 4.20. The summed E-state index contributed by atoms with van der Waals surface area (Å²) in [6.07, 6.45) is 2.01. The molecular formula is C26H25FN4O. The van der Waals surface area contributed by atoms with E-state index in [2.05, 4.69) is 22.1 Å². The Kier molecular flexibility index (Phi) is 5.39. The third kappa shape index (κ3) is 3.86. The lowest BCUT2D eigenvalue weighted by molar-refractivity contribution is 0.0853. The molecule has 2 aromatic carbocycles. The molecule has 32 heavy (non-hydrogen) atoms. The molecule has 0 bridgehead atoms. The van der Waals surface area contributed by atoms with Gasteiger partial charge in [0.05, 0.1) is 11.4 Å². The highest BCUT2D eigenvalue weighted by Crippen LogP contribution is 2.32. The first-order chi connectivity index (χ1) is 15.5. The number of benzene rings is 2. The molecule has 1 aliphatic heterocycles. The summed E-state index contributed by atoms with van der Waals surface area (Å²) in [5.74, 6) is 0.661. The van der Waals surface area contributed by atoms with Crippen molar-refractivity contribution in [2.24, 2.45) is 0 Å². The van der Waals surface area contributed by atoms with Crippen molar-refractivity contribution in [3.8, 4) is 22.6 Å². The summed E-state index contributed by atoms with van der Waals surface area (Å²) in [4.78, 5) is 18.9. The molecule has 0 spiro atoms. The molecule has 162 valence electrons. The molecule has 3 heterocycles. The van der Waals surface area contributed by atoms with Crippen molar-refractivity contribution >= 4 is 11.2 Å². The van der Waals surface area contributed by atoms with Gasteiger partial charge in [-0.15, -0.1) is 0 Å². The summed E-state index contributed by atoms with van der Waals surface area (Å²) in [6.45, 7) is 7.23. The van der Waals surface area contributed by atoms with E-state index in [-0.39, 0.29) is 5.82 Å². The molecular weight excluding hydrogens is 403 g/mol. The van der Waals surface area contributed by atoms with Crippen LogP contribution in [0.2, 0.25) is 0 Å². The minimum atomic E-state index is -0.327. The molecule has 6 heteroatoms. The highest BCUT2D eigenvalue weighted by atomic mass is 19.1. The van der Waals surface area contributed by atoms with Crippen LogP contribution in [0.3, 0.4) is 0 Å². The van der Waals surface area contributed by atoms with Crippen molar-refractivity contribution in [1.82, 2.24) is 19.9 Å². The van der Waals surface area contributed by atoms with E-state index in [1.807, 2.05) is 39.0 Å². The van der Waals surface area contributed by atoms with Crippen molar-refractivity contribution < 1.29 is 9.13 Å². The number of halogens is 1. The fraction of sp³-hybridized carbons (Fsp3) is 0.308. The molecule has 1 saturated heterocycles. The predicted octanol–water partition coefficient (Wildman–Crippen LogP) is 5.71. The Labute approximate surface area is 186 Å². The van der Waals surface area contributed by atoms with Crippen LogP contribution >= 0.6 is 0 Å². The molecule has 2 aromatic heterocycles. The van der Waals surface area contributed by atoms with Crippen LogP contribution in [-0.2, 0) is 4.74 Å². The lowest BCUT2D eigenvalue weighted by Crippen LogP contribution is -2.14. The van der Waals surface area contributed by atoms with Crippen LogP contribution in [0, 0.1) is 26.6 Å². The smallest absolute Gasteiger partial charge is 0.182 e. The van der Waals surface area contributed by atoms with Crippen molar-refractivity contribution in [2.75, 3.05) is 13.2 Å². The molecule has 0 atom stereocenters. The molecule has 0 N–H and O–H groups in total. The van der Waals surface area contributed by atoms with Crippen molar-refractivity contribution in [1.29, 1.82) is 0 Å². The summed E-state index contributed by atoms with van der Waals surface area (Å²) in [7, 11) is 0. The first-order valence-electron chi connectivity index (χ1n) is 11.0. The topological polar surface area (TPSA) is 60.8 Å². The third-order valence-electron chi connectivity index (χ3n) is 6.16. The van der Waals surface area contributed by atoms with Crippen molar-refractivity contribution in [3.63, 3.8) is 0 Å². The van der Waals surface area contributed by atoms with Gasteiger partial charge in [0.1, 0.15) is 17.0 Å². The van der Waals surface area contributed by atoms with E-state index in [0.717, 1.165) is 48.6 Å². The summed E-state index contributed by atoms with van der Waals surface area (Å²) >= 11 is 0. The Morgan fingerprint density at radius 3 is 2.44 bits per heavy atom. The number of ether oxygens (including phenoxy) is 1. The normalized spacial score (nSPS) is 14.8. The summed E-state index contributed by atoms with van der Waals surface area (Å²) in [5, 5.41) is 0. The Bertz CT molecular complexity index is 1310. The highest BCUT2D eigenvalue weighted by Gasteiger charge is 2.20. The van der Waals surface area contributed by atoms with Gasteiger partial charge in [-0.2, -0.15) is 0 Å². The van der Waals surface area contributed by atoms with Crippen LogP contribution in [0.5, 0.6) is 0 Å². The zero-order valence-corrected chi connectivity index (χ0v) is 18.5. The molecule has 0 aliphatic carbocycles. The zero-order chi connectivity index (χ0) is 22.2. The quantitative estimate of drug-likeness (QED) is 0.418. The first kappa shape index (κ1) is 20.6. The second-order valence-electron chi connectivity index (χ2n) is 8.46. The Hall–Kier alpha value is -3.25. The molecule has 5 nitrogen and oxygen atoms in total. The van der Waals surface area contributed by atoms with Crippen LogP contribution < -0.4 is 0 Å². The average molecular weight is 429 g/mol. The number of nitrogens with zero attached hydrogens (tertiary/aromatic N) is 4. The second kappa shape index (κ2) is 8.36. The van der Waals surface area contributed by atoms with E-state index in [1.54, 1.807) is 6.07 Å². The summed E-state index contributed by atoms with van der Waals surface area (Å²) in [6, 6.07) is 13.5. The van der Waals surface area contributed by atoms with E-state index in [0.29, 0.717) is 34.2 Å². The molecule has 4 aromatic rings. The average Bonchev–Trinajstić information content (AvgIpc) is 2.80. The van der Waals surface area contributed by atoms with Gasteiger partial charge in [0.15, 0.2) is 11.5 Å². The fourth-order valence-corrected chi connectivity index (χ4v) is 4.20. The van der Waals surface area contributed by atoms with E-state index in [9.17, 15) is 4.39 Å². The monoisotopic (exact) mass is 428 g/mol. The second-order valence-corrected chi connectivity index (χ2v) is 8.46. The van der Waals surface area contributed by atoms with Gasteiger partial charge >= 0.3 is 0 Å². The number of aryl methyl sites for hydroxylation is 3. The lowest BCUT2D eigenvalue weighted by Gasteiger charge is -2.22. The summed E-state index contributed by atoms with van der Waals surface area (Å²) in [5.41, 5.74) is 6.44. The molecule has 1 fully saturated rings. The zero-order valence-electron chi connectivity index (χ0n) is 18.5. The minimum Gasteiger partial charge on any atom is -0.381 e. The van der Waals surface area contributed by atoms with Gasteiger partial charge in [0.2, 0.25) is 0 Å². The predicted molar refractivity (Wildman–Crippen MR) is 123 cm³/mol. The molecule has 0 amide bonds. The number of hydrogen-bond donors (Lipinski definition) is 0. The van der Waals surface area contributed by atoms with E-state index in [4.69, 9.17) is 14.7 Å². The van der Waals surface area contributed by atoms with Crippen molar-refractivity contribution in [3.05, 3.63) is 70.8 Å². The first-order valence-corrected chi connectivity index (χ1v) is 11.0. The minimum absolute atomic E-state index is 0.327. The maximum Gasteiger partial charge on any atom is 0.182 e. The third-order valence-corrected chi connectivity index (χ3v) is 6.16.